The Balaban J connectivity index is 1.71. The number of thiocarbonyl (C=S) groups is 1. The number of anilines is 2. The van der Waals surface area contributed by atoms with Gasteiger partial charge in [-0.3, -0.25) is 4.68 Å². The van der Waals surface area contributed by atoms with E-state index in [0.29, 0.717) is 26.6 Å². The van der Waals surface area contributed by atoms with E-state index in [4.69, 9.17) is 35.4 Å². The number of aromatic nitrogens is 2. The fourth-order valence-corrected chi connectivity index (χ4v) is 3.28. The molecule has 4 nitrogen and oxygen atoms in total. The highest BCUT2D eigenvalue weighted by molar-refractivity contribution is 9.10. The summed E-state index contributed by atoms with van der Waals surface area (Å²) >= 11 is 20.4. The van der Waals surface area contributed by atoms with Gasteiger partial charge in [-0.05, 0) is 58.5 Å². The molecule has 3 aromatic rings. The summed E-state index contributed by atoms with van der Waals surface area (Å²) in [6.07, 6.45) is 1.67. The summed E-state index contributed by atoms with van der Waals surface area (Å²) in [5.74, 6) is -0.503. The zero-order chi connectivity index (χ0) is 19.6. The van der Waals surface area contributed by atoms with E-state index < -0.39 is 11.6 Å². The third kappa shape index (κ3) is 4.95. The number of benzene rings is 2. The van der Waals surface area contributed by atoms with Gasteiger partial charge in [0.1, 0.15) is 11.6 Å². The Morgan fingerprint density at radius 3 is 2.59 bits per heavy atom. The molecule has 10 heteroatoms. The highest BCUT2D eigenvalue weighted by Crippen LogP contribution is 2.25. The molecule has 2 aromatic carbocycles. The van der Waals surface area contributed by atoms with E-state index in [0.717, 1.165) is 0 Å². The van der Waals surface area contributed by atoms with Crippen LogP contribution in [0.15, 0.2) is 47.1 Å². The molecule has 0 bridgehead atoms. The Morgan fingerprint density at radius 2 is 1.89 bits per heavy atom. The molecule has 0 aliphatic carbocycles. The quantitative estimate of drug-likeness (QED) is 0.433. The molecule has 2 N–H and O–H groups in total. The standard InChI is InChI=1S/C17H11BrCl2F2N4S/c18-11-8-26(7-10-12(19)2-1-3-14(10)21)25-16(11)24-17(27)23-9-4-5-15(22)13(20)6-9/h1-6,8H,7H2,(H2,23,24,25,27). The molecule has 3 rings (SSSR count). The summed E-state index contributed by atoms with van der Waals surface area (Å²) < 4.78 is 29.3. The van der Waals surface area contributed by atoms with Crippen LogP contribution in [0.25, 0.3) is 0 Å². The summed E-state index contributed by atoms with van der Waals surface area (Å²) in [7, 11) is 0. The Bertz CT molecular complexity index is 992. The highest BCUT2D eigenvalue weighted by atomic mass is 79.9. The van der Waals surface area contributed by atoms with Crippen LogP contribution in [0.5, 0.6) is 0 Å². The molecule has 0 atom stereocenters. The average molecular weight is 492 g/mol. The minimum Gasteiger partial charge on any atom is -0.332 e. The van der Waals surface area contributed by atoms with Crippen LogP contribution < -0.4 is 10.6 Å². The van der Waals surface area contributed by atoms with E-state index in [1.54, 1.807) is 18.3 Å². The van der Waals surface area contributed by atoms with E-state index in [1.165, 1.54) is 28.9 Å². The molecule has 0 amide bonds. The second-order valence-corrected chi connectivity index (χ2v) is 7.51. The lowest BCUT2D eigenvalue weighted by molar-refractivity contribution is 0.586. The summed E-state index contributed by atoms with van der Waals surface area (Å²) in [5, 5.41) is 10.6. The zero-order valence-electron chi connectivity index (χ0n) is 13.4. The van der Waals surface area contributed by atoms with Crippen LogP contribution in [0.4, 0.5) is 20.3 Å². The van der Waals surface area contributed by atoms with E-state index in [2.05, 4.69) is 31.7 Å². The van der Waals surface area contributed by atoms with Gasteiger partial charge in [-0.25, -0.2) is 8.78 Å². The maximum absolute atomic E-state index is 13.9. The number of hydrogen-bond acceptors (Lipinski definition) is 2. The molecule has 0 radical (unpaired) electrons. The van der Waals surface area contributed by atoms with Crippen molar-refractivity contribution in [1.29, 1.82) is 0 Å². The molecule has 0 aliphatic heterocycles. The van der Waals surface area contributed by atoms with Crippen molar-refractivity contribution in [1.82, 2.24) is 9.78 Å². The second-order valence-electron chi connectivity index (χ2n) is 5.43. The molecule has 0 unspecified atom stereocenters. The predicted octanol–water partition coefficient (Wildman–Crippen LogP) is 6.09. The molecular weight excluding hydrogens is 481 g/mol. The van der Waals surface area contributed by atoms with Crippen LogP contribution in [0, 0.1) is 11.6 Å². The first-order valence-electron chi connectivity index (χ1n) is 7.52. The third-order valence-electron chi connectivity index (χ3n) is 3.51. The number of nitrogens with one attached hydrogen (secondary N) is 2. The van der Waals surface area contributed by atoms with E-state index in [9.17, 15) is 8.78 Å². The molecule has 1 aromatic heterocycles. The molecule has 0 spiro atoms. The molecule has 1 heterocycles. The highest BCUT2D eigenvalue weighted by Gasteiger charge is 2.12. The van der Waals surface area contributed by atoms with Crippen LogP contribution in [0.2, 0.25) is 10.0 Å². The van der Waals surface area contributed by atoms with Crippen molar-refractivity contribution in [3.8, 4) is 0 Å². The summed E-state index contributed by atoms with van der Waals surface area (Å²) in [6, 6.07) is 8.65. The first kappa shape index (κ1) is 20.0. The summed E-state index contributed by atoms with van der Waals surface area (Å²) in [4.78, 5) is 0. The first-order chi connectivity index (χ1) is 12.8. The molecule has 0 fully saturated rings. The molecule has 0 saturated heterocycles. The van der Waals surface area contributed by atoms with Crippen LogP contribution >= 0.6 is 51.3 Å². The van der Waals surface area contributed by atoms with Gasteiger partial charge in [0.05, 0.1) is 16.0 Å². The topological polar surface area (TPSA) is 41.9 Å². The van der Waals surface area contributed by atoms with Gasteiger partial charge >= 0.3 is 0 Å². The number of hydrogen-bond donors (Lipinski definition) is 2. The van der Waals surface area contributed by atoms with Gasteiger partial charge in [0.2, 0.25) is 0 Å². The average Bonchev–Trinajstić information content (AvgIpc) is 2.94. The van der Waals surface area contributed by atoms with Gasteiger partial charge in [0.15, 0.2) is 10.9 Å². The minimum absolute atomic E-state index is 0.0185. The van der Waals surface area contributed by atoms with Crippen molar-refractivity contribution in [2.24, 2.45) is 0 Å². The third-order valence-corrected chi connectivity index (χ3v) is 4.94. The van der Waals surface area contributed by atoms with Gasteiger partial charge in [-0.1, -0.05) is 29.3 Å². The van der Waals surface area contributed by atoms with Gasteiger partial charge in [-0.15, -0.1) is 0 Å². The molecule has 0 saturated carbocycles. The Morgan fingerprint density at radius 1 is 1.11 bits per heavy atom. The molecule has 0 aliphatic rings. The largest absolute Gasteiger partial charge is 0.332 e. The lowest BCUT2D eigenvalue weighted by Gasteiger charge is -2.09. The fourth-order valence-electron chi connectivity index (χ4n) is 2.25. The smallest absolute Gasteiger partial charge is 0.176 e. The summed E-state index contributed by atoms with van der Waals surface area (Å²) in [6.45, 7) is 0.152. The summed E-state index contributed by atoms with van der Waals surface area (Å²) in [5.41, 5.74) is 0.856. The van der Waals surface area contributed by atoms with E-state index in [-0.39, 0.29) is 16.7 Å². The SMILES string of the molecule is Fc1ccc(NC(=S)Nc2nn(Cc3c(F)cccc3Cl)cc2Br)cc1Cl. The Kier molecular flexibility index (Phi) is 6.31. The monoisotopic (exact) mass is 490 g/mol. The Hall–Kier alpha value is -1.74. The molecule has 27 heavy (non-hydrogen) atoms. The van der Waals surface area contributed by atoms with E-state index in [1.807, 2.05) is 0 Å². The van der Waals surface area contributed by atoms with Gasteiger partial charge in [0, 0.05) is 22.5 Å². The number of rotatable bonds is 4. The van der Waals surface area contributed by atoms with Crippen LogP contribution in [-0.2, 0) is 6.54 Å². The number of halogens is 5. The van der Waals surface area contributed by atoms with Gasteiger partial charge < -0.3 is 10.6 Å². The van der Waals surface area contributed by atoms with Crippen molar-refractivity contribution in [3.05, 3.63) is 74.3 Å². The van der Waals surface area contributed by atoms with Crippen molar-refractivity contribution in [3.63, 3.8) is 0 Å². The van der Waals surface area contributed by atoms with E-state index >= 15 is 0 Å². The number of nitrogens with zero attached hydrogens (tertiary/aromatic N) is 2. The van der Waals surface area contributed by atoms with Gasteiger partial charge in [-0.2, -0.15) is 5.10 Å². The lowest BCUT2D eigenvalue weighted by Crippen LogP contribution is -2.20. The van der Waals surface area contributed by atoms with Crippen LogP contribution in [0.3, 0.4) is 0 Å². The minimum atomic E-state index is -0.519. The Labute approximate surface area is 177 Å². The maximum Gasteiger partial charge on any atom is 0.176 e. The van der Waals surface area contributed by atoms with Crippen molar-refractivity contribution < 1.29 is 8.78 Å². The maximum atomic E-state index is 13.9. The predicted molar refractivity (Wildman–Crippen MR) is 112 cm³/mol. The molecular formula is C17H11BrCl2F2N4S. The van der Waals surface area contributed by atoms with Gasteiger partial charge in [0.25, 0.3) is 0 Å². The van der Waals surface area contributed by atoms with Crippen molar-refractivity contribution in [2.45, 2.75) is 6.54 Å². The van der Waals surface area contributed by atoms with Crippen LogP contribution in [-0.4, -0.2) is 14.9 Å². The normalized spacial score (nSPS) is 10.7. The first-order valence-corrected chi connectivity index (χ1v) is 9.48. The van der Waals surface area contributed by atoms with Crippen molar-refractivity contribution in [2.75, 3.05) is 10.6 Å². The van der Waals surface area contributed by atoms with Crippen molar-refractivity contribution >= 4 is 68.0 Å². The fraction of sp³-hybridized carbons (Fsp3) is 0.0588. The molecule has 140 valence electrons. The lowest BCUT2D eigenvalue weighted by atomic mass is 10.2. The van der Waals surface area contributed by atoms with Crippen LogP contribution in [0.1, 0.15) is 5.56 Å². The second kappa shape index (κ2) is 8.52. The zero-order valence-corrected chi connectivity index (χ0v) is 17.4.